The summed E-state index contributed by atoms with van der Waals surface area (Å²) >= 11 is 7.88. The monoisotopic (exact) mass is 700 g/mol. The highest BCUT2D eigenvalue weighted by molar-refractivity contribution is 7.98. The second kappa shape index (κ2) is 15.4. The normalized spacial score (nSPS) is 15.8. The molecule has 0 spiro atoms. The summed E-state index contributed by atoms with van der Waals surface area (Å²) in [4.78, 5) is 33.7. The second-order valence-corrected chi connectivity index (χ2v) is 13.5. The Balaban J connectivity index is 1.34. The van der Waals surface area contributed by atoms with E-state index in [4.69, 9.17) is 31.2 Å². The first kappa shape index (κ1) is 34.4. The van der Waals surface area contributed by atoms with Crippen molar-refractivity contribution >= 4 is 46.8 Å². The van der Waals surface area contributed by atoms with Crippen molar-refractivity contribution < 1.29 is 19.1 Å². The summed E-state index contributed by atoms with van der Waals surface area (Å²) in [7, 11) is 0. The van der Waals surface area contributed by atoms with Crippen molar-refractivity contribution in [1.29, 1.82) is 0 Å². The smallest absolute Gasteiger partial charge is 0.260 e. The number of nitrogens with one attached hydrogen (secondary N) is 2. The number of amides is 2. The van der Waals surface area contributed by atoms with E-state index >= 15 is 0 Å². The molecule has 1 aromatic heterocycles. The van der Waals surface area contributed by atoms with Gasteiger partial charge in [-0.25, -0.2) is 4.68 Å². The van der Waals surface area contributed by atoms with Crippen LogP contribution in [0.5, 0.6) is 11.5 Å². The minimum atomic E-state index is -0.647. The number of benzene rings is 3. The number of fused-ring (bicyclic) bond motifs is 1. The van der Waals surface area contributed by atoms with Crippen molar-refractivity contribution in [2.75, 3.05) is 36.9 Å². The highest BCUT2D eigenvalue weighted by Gasteiger charge is 2.35. The van der Waals surface area contributed by atoms with Crippen molar-refractivity contribution in [3.8, 4) is 11.5 Å². The summed E-state index contributed by atoms with van der Waals surface area (Å²) in [5.41, 5.74) is 5.67. The SMILES string of the molecule is CCOc1cc(C2C(C(=O)Nc3cccc(C)c3C)=C(C)Nc3nc(SCc4ccccc4Cl)nn32)ccc1OCC(=O)N1CCCCC1. The average Bonchev–Trinajstić information content (AvgIpc) is 3.51. The number of anilines is 2. The first-order valence-electron chi connectivity index (χ1n) is 16.6. The minimum Gasteiger partial charge on any atom is -0.490 e. The number of halogens is 1. The van der Waals surface area contributed by atoms with Gasteiger partial charge in [0, 0.05) is 35.2 Å². The van der Waals surface area contributed by atoms with Gasteiger partial charge in [0.2, 0.25) is 11.1 Å². The maximum Gasteiger partial charge on any atom is 0.260 e. The van der Waals surface area contributed by atoms with E-state index in [0.717, 1.165) is 60.3 Å². The summed E-state index contributed by atoms with van der Waals surface area (Å²) in [5.74, 6) is 1.73. The number of ether oxygens (including phenoxy) is 2. The predicted molar refractivity (Wildman–Crippen MR) is 194 cm³/mol. The molecule has 256 valence electrons. The highest BCUT2D eigenvalue weighted by Crippen LogP contribution is 2.40. The molecule has 2 aliphatic rings. The molecule has 1 unspecified atom stereocenters. The van der Waals surface area contributed by atoms with E-state index in [1.54, 1.807) is 10.7 Å². The Morgan fingerprint density at radius 1 is 1.00 bits per heavy atom. The van der Waals surface area contributed by atoms with Gasteiger partial charge in [0.25, 0.3) is 11.8 Å². The van der Waals surface area contributed by atoms with Gasteiger partial charge >= 0.3 is 0 Å². The summed E-state index contributed by atoms with van der Waals surface area (Å²) in [5, 5.41) is 12.6. The number of aromatic nitrogens is 3. The molecule has 6 rings (SSSR count). The van der Waals surface area contributed by atoms with Crippen LogP contribution in [0.3, 0.4) is 0 Å². The standard InChI is InChI=1S/C37H41ClN6O4S/c1-5-47-31-20-26(16-17-30(31)48-21-32(45)43-18-9-6-10-19-43)34-33(35(46)40-29-15-11-12-23(2)24(29)3)25(4)39-36-41-37(42-44(34)36)49-22-27-13-7-8-14-28(27)38/h7-8,11-17,20,34H,5-6,9-10,18-19,21-22H2,1-4H3,(H,40,46)(H,39,41,42). The third-order valence-corrected chi connectivity index (χ3v) is 10.1. The Hall–Kier alpha value is -4.48. The molecule has 10 nitrogen and oxygen atoms in total. The zero-order valence-corrected chi connectivity index (χ0v) is 29.8. The molecule has 2 amide bonds. The van der Waals surface area contributed by atoms with Gasteiger partial charge in [0.1, 0.15) is 6.04 Å². The molecule has 2 aliphatic heterocycles. The third-order valence-electron chi connectivity index (χ3n) is 8.89. The Morgan fingerprint density at radius 3 is 2.57 bits per heavy atom. The zero-order chi connectivity index (χ0) is 34.5. The van der Waals surface area contributed by atoms with Crippen LogP contribution in [0.4, 0.5) is 11.6 Å². The number of rotatable bonds is 11. The van der Waals surface area contributed by atoms with Gasteiger partial charge in [-0.2, -0.15) is 4.98 Å². The molecule has 1 atom stereocenters. The molecule has 3 aromatic carbocycles. The van der Waals surface area contributed by atoms with E-state index in [9.17, 15) is 9.59 Å². The molecule has 12 heteroatoms. The first-order chi connectivity index (χ1) is 23.7. The molecule has 0 bridgehead atoms. The van der Waals surface area contributed by atoms with Crippen LogP contribution in [0.15, 0.2) is 77.1 Å². The molecule has 0 aliphatic carbocycles. The van der Waals surface area contributed by atoms with Crippen LogP contribution in [-0.2, 0) is 15.3 Å². The van der Waals surface area contributed by atoms with E-state index in [1.165, 1.54) is 11.8 Å². The molecule has 2 N–H and O–H groups in total. The maximum absolute atomic E-state index is 14.2. The number of aryl methyl sites for hydroxylation is 1. The van der Waals surface area contributed by atoms with Crippen LogP contribution in [0, 0.1) is 13.8 Å². The minimum absolute atomic E-state index is 0.0392. The van der Waals surface area contributed by atoms with Crippen molar-refractivity contribution in [2.24, 2.45) is 0 Å². The first-order valence-corrected chi connectivity index (χ1v) is 17.9. The van der Waals surface area contributed by atoms with Crippen LogP contribution < -0.4 is 20.1 Å². The molecule has 1 fully saturated rings. The fourth-order valence-electron chi connectivity index (χ4n) is 6.09. The molecular formula is C37H41ClN6O4S. The van der Waals surface area contributed by atoms with Crippen LogP contribution in [-0.4, -0.2) is 57.8 Å². The molecule has 49 heavy (non-hydrogen) atoms. The lowest BCUT2D eigenvalue weighted by Crippen LogP contribution is -2.38. The van der Waals surface area contributed by atoms with Crippen molar-refractivity contribution in [1.82, 2.24) is 19.7 Å². The predicted octanol–water partition coefficient (Wildman–Crippen LogP) is 7.56. The fraction of sp³-hybridized carbons (Fsp3) is 0.351. The summed E-state index contributed by atoms with van der Waals surface area (Å²) < 4.78 is 13.8. The lowest BCUT2D eigenvalue weighted by atomic mass is 9.94. The molecule has 0 radical (unpaired) electrons. The topological polar surface area (TPSA) is 111 Å². The number of likely N-dealkylation sites (tertiary alicyclic amines) is 1. The van der Waals surface area contributed by atoms with Gasteiger partial charge in [0.05, 0.1) is 12.2 Å². The fourth-order valence-corrected chi connectivity index (χ4v) is 7.20. The highest BCUT2D eigenvalue weighted by atomic mass is 35.5. The van der Waals surface area contributed by atoms with Crippen LogP contribution in [0.25, 0.3) is 0 Å². The summed E-state index contributed by atoms with van der Waals surface area (Å²) in [6.45, 7) is 9.59. The van der Waals surface area contributed by atoms with E-state index < -0.39 is 6.04 Å². The zero-order valence-electron chi connectivity index (χ0n) is 28.2. The quantitative estimate of drug-likeness (QED) is 0.154. The third kappa shape index (κ3) is 7.73. The Kier molecular flexibility index (Phi) is 10.8. The number of nitrogens with zero attached hydrogens (tertiary/aromatic N) is 4. The van der Waals surface area contributed by atoms with Gasteiger partial charge in [-0.1, -0.05) is 59.8 Å². The van der Waals surface area contributed by atoms with E-state index in [-0.39, 0.29) is 18.4 Å². The van der Waals surface area contributed by atoms with Crippen LogP contribution >= 0.6 is 23.4 Å². The number of carbonyl (C=O) groups excluding carboxylic acids is 2. The Morgan fingerprint density at radius 2 is 1.80 bits per heavy atom. The molecule has 3 heterocycles. The molecule has 0 saturated carbocycles. The van der Waals surface area contributed by atoms with E-state index in [1.807, 2.05) is 87.2 Å². The van der Waals surface area contributed by atoms with Gasteiger partial charge in [0.15, 0.2) is 18.1 Å². The number of hydrogen-bond acceptors (Lipinski definition) is 8. The van der Waals surface area contributed by atoms with Crippen molar-refractivity contribution in [3.63, 3.8) is 0 Å². The lowest BCUT2D eigenvalue weighted by Gasteiger charge is -2.29. The van der Waals surface area contributed by atoms with E-state index in [0.29, 0.717) is 51.3 Å². The number of allylic oxidation sites excluding steroid dienone is 1. The van der Waals surface area contributed by atoms with E-state index in [2.05, 4.69) is 10.6 Å². The van der Waals surface area contributed by atoms with Gasteiger partial charge < -0.3 is 25.0 Å². The van der Waals surface area contributed by atoms with Gasteiger partial charge in [-0.15, -0.1) is 5.10 Å². The van der Waals surface area contributed by atoms with Gasteiger partial charge in [-0.05, 0) is 93.5 Å². The van der Waals surface area contributed by atoms with Crippen LogP contribution in [0.2, 0.25) is 5.02 Å². The van der Waals surface area contributed by atoms with Crippen molar-refractivity contribution in [2.45, 2.75) is 63.9 Å². The summed E-state index contributed by atoms with van der Waals surface area (Å²) in [6.07, 6.45) is 3.17. The lowest BCUT2D eigenvalue weighted by molar-refractivity contribution is -0.134. The molecule has 1 saturated heterocycles. The Labute approximate surface area is 296 Å². The molecule has 4 aromatic rings. The molecular weight excluding hydrogens is 660 g/mol. The summed E-state index contributed by atoms with van der Waals surface area (Å²) in [6, 6.07) is 18.4. The maximum atomic E-state index is 14.2. The largest absolute Gasteiger partial charge is 0.490 e. The van der Waals surface area contributed by atoms with Gasteiger partial charge in [-0.3, -0.25) is 9.59 Å². The number of hydrogen-bond donors (Lipinski definition) is 2. The second-order valence-electron chi connectivity index (χ2n) is 12.2. The Bertz CT molecular complexity index is 1890. The van der Waals surface area contributed by atoms with Crippen molar-refractivity contribution in [3.05, 3.63) is 99.2 Å². The number of carbonyl (C=O) groups is 2. The number of piperidine rings is 1. The average molecular weight is 701 g/mol. The van der Waals surface area contributed by atoms with Crippen LogP contribution in [0.1, 0.15) is 61.4 Å². The number of thioether (sulfide) groups is 1.